The van der Waals surface area contributed by atoms with Crippen molar-refractivity contribution < 1.29 is 23.1 Å². The van der Waals surface area contributed by atoms with E-state index in [1.807, 2.05) is 0 Å². The van der Waals surface area contributed by atoms with Crippen LogP contribution in [-0.4, -0.2) is 39.2 Å². The smallest absolute Gasteiger partial charge is 0.396 e. The fourth-order valence-corrected chi connectivity index (χ4v) is 1.69. The molecule has 0 saturated heterocycles. The first kappa shape index (κ1) is 16.0. The second-order valence-corrected chi connectivity index (χ2v) is 4.43. The van der Waals surface area contributed by atoms with Crippen molar-refractivity contribution in [2.45, 2.75) is 12.6 Å². The molecule has 1 aromatic carbocycles. The van der Waals surface area contributed by atoms with Crippen LogP contribution in [0.3, 0.4) is 0 Å². The summed E-state index contributed by atoms with van der Waals surface area (Å²) in [5.74, 6) is -0.508. The predicted molar refractivity (Wildman–Crippen MR) is 70.4 cm³/mol. The highest BCUT2D eigenvalue weighted by molar-refractivity contribution is 5.91. The molecule has 2 N–H and O–H groups in total. The topological polar surface area (TPSA) is 80.0 Å². The molecule has 0 atom stereocenters. The molecular weight excluding hydrogens is 301 g/mol. The van der Waals surface area contributed by atoms with E-state index in [1.54, 1.807) is 0 Å². The first-order valence-electron chi connectivity index (χ1n) is 6.41. The van der Waals surface area contributed by atoms with E-state index in [4.69, 9.17) is 5.11 Å². The van der Waals surface area contributed by atoms with Crippen molar-refractivity contribution >= 4 is 5.91 Å². The molecule has 0 bridgehead atoms. The molecule has 1 heterocycles. The fraction of sp³-hybridized carbons (Fsp3) is 0.308. The van der Waals surface area contributed by atoms with Crippen LogP contribution in [0.15, 0.2) is 30.5 Å². The number of aliphatic hydroxyl groups is 1. The van der Waals surface area contributed by atoms with Gasteiger partial charge in [0.2, 0.25) is 0 Å². The minimum atomic E-state index is -4.46. The molecule has 0 aliphatic heterocycles. The highest BCUT2D eigenvalue weighted by atomic mass is 19.4. The molecule has 0 unspecified atom stereocenters. The average Bonchev–Trinajstić information content (AvgIpc) is 2.96. The van der Waals surface area contributed by atoms with Gasteiger partial charge in [-0.2, -0.15) is 13.2 Å². The number of benzene rings is 1. The summed E-state index contributed by atoms with van der Waals surface area (Å²) >= 11 is 0. The molecule has 0 saturated carbocycles. The molecule has 6 nitrogen and oxygen atoms in total. The van der Waals surface area contributed by atoms with Crippen molar-refractivity contribution in [2.75, 3.05) is 13.2 Å². The second-order valence-electron chi connectivity index (χ2n) is 4.43. The Kier molecular flexibility index (Phi) is 4.76. The van der Waals surface area contributed by atoms with Gasteiger partial charge in [0, 0.05) is 13.2 Å². The predicted octanol–water partition coefficient (Wildman–Crippen LogP) is 1.40. The molecule has 0 aliphatic carbocycles. The summed E-state index contributed by atoms with van der Waals surface area (Å²) in [7, 11) is 0. The first-order valence-corrected chi connectivity index (χ1v) is 6.41. The molecular formula is C13H13F3N4O2. The van der Waals surface area contributed by atoms with Crippen LogP contribution in [0.4, 0.5) is 13.2 Å². The lowest BCUT2D eigenvalue weighted by atomic mass is 10.2. The molecule has 9 heteroatoms. The monoisotopic (exact) mass is 314 g/mol. The van der Waals surface area contributed by atoms with Crippen LogP contribution >= 0.6 is 0 Å². The van der Waals surface area contributed by atoms with Crippen LogP contribution in [-0.2, 0) is 6.18 Å². The number of nitrogens with zero attached hydrogens (tertiary/aromatic N) is 3. The maximum absolute atomic E-state index is 12.7. The summed E-state index contributed by atoms with van der Waals surface area (Å²) in [6, 6.07) is 4.54. The Bertz CT molecular complexity index is 655. The zero-order valence-electron chi connectivity index (χ0n) is 11.3. The number of hydrogen-bond donors (Lipinski definition) is 2. The van der Waals surface area contributed by atoms with Gasteiger partial charge in [0.05, 0.1) is 17.4 Å². The summed E-state index contributed by atoms with van der Waals surface area (Å²) in [4.78, 5) is 11.7. The maximum Gasteiger partial charge on any atom is 0.416 e. The van der Waals surface area contributed by atoms with E-state index >= 15 is 0 Å². The molecule has 0 spiro atoms. The van der Waals surface area contributed by atoms with Gasteiger partial charge >= 0.3 is 6.18 Å². The summed E-state index contributed by atoms with van der Waals surface area (Å²) in [6.45, 7) is 0.211. The van der Waals surface area contributed by atoms with Gasteiger partial charge in [-0.3, -0.25) is 4.79 Å². The molecule has 1 aromatic heterocycles. The van der Waals surface area contributed by atoms with Gasteiger partial charge in [0.1, 0.15) is 0 Å². The van der Waals surface area contributed by atoms with Crippen molar-refractivity contribution in [1.82, 2.24) is 20.3 Å². The van der Waals surface area contributed by atoms with Gasteiger partial charge in [0.25, 0.3) is 5.91 Å². The molecule has 22 heavy (non-hydrogen) atoms. The number of hydrogen-bond acceptors (Lipinski definition) is 4. The number of rotatable bonds is 5. The van der Waals surface area contributed by atoms with Crippen molar-refractivity contribution in [3.05, 3.63) is 41.7 Å². The Morgan fingerprint density at radius 1 is 1.36 bits per heavy atom. The Balaban J connectivity index is 2.16. The lowest BCUT2D eigenvalue weighted by Crippen LogP contribution is -2.25. The van der Waals surface area contributed by atoms with Crippen molar-refractivity contribution in [3.63, 3.8) is 0 Å². The Morgan fingerprint density at radius 3 is 2.82 bits per heavy atom. The number of aromatic nitrogens is 3. The van der Waals surface area contributed by atoms with Crippen molar-refractivity contribution in [1.29, 1.82) is 0 Å². The Labute approximate surface area is 123 Å². The number of nitrogens with one attached hydrogen (secondary N) is 1. The number of halogens is 3. The zero-order chi connectivity index (χ0) is 16.2. The first-order chi connectivity index (χ1) is 10.4. The maximum atomic E-state index is 12.7. The van der Waals surface area contributed by atoms with E-state index in [9.17, 15) is 18.0 Å². The standard InChI is InChI=1S/C13H13F3N4O2/c14-13(15,16)9-3-1-4-10(7-9)20-8-11(18-19-20)12(22)17-5-2-6-21/h1,3-4,7-8,21H,2,5-6H2,(H,17,22). The minimum absolute atomic E-state index is 0.0182. The minimum Gasteiger partial charge on any atom is -0.396 e. The molecule has 0 aliphatic rings. The normalized spacial score (nSPS) is 11.5. The molecule has 2 rings (SSSR count). The van der Waals surface area contributed by atoms with Gasteiger partial charge in [-0.25, -0.2) is 4.68 Å². The van der Waals surface area contributed by atoms with Gasteiger partial charge < -0.3 is 10.4 Å². The summed E-state index contributed by atoms with van der Waals surface area (Å²) < 4.78 is 39.1. The number of alkyl halides is 3. The Morgan fingerprint density at radius 2 is 2.14 bits per heavy atom. The van der Waals surface area contributed by atoms with E-state index in [-0.39, 0.29) is 24.5 Å². The quantitative estimate of drug-likeness (QED) is 0.818. The second kappa shape index (κ2) is 6.56. The Hall–Kier alpha value is -2.42. The van der Waals surface area contributed by atoms with Crippen LogP contribution in [0.25, 0.3) is 5.69 Å². The summed E-state index contributed by atoms with van der Waals surface area (Å²) in [6.07, 6.45) is -2.82. The van der Waals surface area contributed by atoms with Crippen molar-refractivity contribution in [3.8, 4) is 5.69 Å². The number of carbonyl (C=O) groups excluding carboxylic acids is 1. The van der Waals surface area contributed by atoms with Crippen LogP contribution < -0.4 is 5.32 Å². The van der Waals surface area contributed by atoms with E-state index < -0.39 is 17.6 Å². The lowest BCUT2D eigenvalue weighted by Gasteiger charge is -2.08. The van der Waals surface area contributed by atoms with E-state index in [2.05, 4.69) is 15.6 Å². The third kappa shape index (κ3) is 3.82. The number of amides is 1. The largest absolute Gasteiger partial charge is 0.416 e. The SMILES string of the molecule is O=C(NCCCO)c1cn(-c2cccc(C(F)(F)F)c2)nn1. The van der Waals surface area contributed by atoms with Gasteiger partial charge in [0.15, 0.2) is 5.69 Å². The average molecular weight is 314 g/mol. The van der Waals surface area contributed by atoms with Crippen LogP contribution in [0.1, 0.15) is 22.5 Å². The van der Waals surface area contributed by atoms with Gasteiger partial charge in [-0.05, 0) is 24.6 Å². The summed E-state index contributed by atoms with van der Waals surface area (Å²) in [5.41, 5.74) is -0.679. The van der Waals surface area contributed by atoms with E-state index in [0.717, 1.165) is 16.8 Å². The number of carbonyl (C=O) groups is 1. The summed E-state index contributed by atoms with van der Waals surface area (Å²) in [5, 5.41) is 18.4. The molecule has 0 radical (unpaired) electrons. The molecule has 2 aromatic rings. The fourth-order valence-electron chi connectivity index (χ4n) is 1.69. The molecule has 1 amide bonds. The van der Waals surface area contributed by atoms with Crippen molar-refractivity contribution in [2.24, 2.45) is 0 Å². The van der Waals surface area contributed by atoms with Crippen LogP contribution in [0.5, 0.6) is 0 Å². The van der Waals surface area contributed by atoms with Crippen LogP contribution in [0.2, 0.25) is 0 Å². The highest BCUT2D eigenvalue weighted by Crippen LogP contribution is 2.30. The third-order valence-electron chi connectivity index (χ3n) is 2.78. The zero-order valence-corrected chi connectivity index (χ0v) is 11.3. The molecule has 118 valence electrons. The lowest BCUT2D eigenvalue weighted by molar-refractivity contribution is -0.137. The van der Waals surface area contributed by atoms with Gasteiger partial charge in [-0.15, -0.1) is 5.10 Å². The van der Waals surface area contributed by atoms with Gasteiger partial charge in [-0.1, -0.05) is 11.3 Å². The van der Waals surface area contributed by atoms with E-state index in [0.29, 0.717) is 6.42 Å². The van der Waals surface area contributed by atoms with Crippen LogP contribution in [0, 0.1) is 0 Å². The third-order valence-corrected chi connectivity index (χ3v) is 2.78. The van der Waals surface area contributed by atoms with E-state index in [1.165, 1.54) is 18.3 Å². The number of aliphatic hydroxyl groups excluding tert-OH is 1. The highest BCUT2D eigenvalue weighted by Gasteiger charge is 2.30. The molecule has 0 fully saturated rings.